The SMILES string of the molecule is CCOC(=O)C1=C(c2ccccc2)OC(N)=C(C#N)C1c1ccc(OCc2ccc(C)cc2)cc1. The highest BCUT2D eigenvalue weighted by atomic mass is 16.5. The van der Waals surface area contributed by atoms with Crippen molar-refractivity contribution in [3.8, 4) is 11.8 Å². The Morgan fingerprint density at radius 2 is 1.71 bits per heavy atom. The van der Waals surface area contributed by atoms with Gasteiger partial charge in [0.15, 0.2) is 0 Å². The standard InChI is InChI=1S/C29H26N2O4/c1-3-33-29(32)26-25(24(17-30)28(31)35-27(26)22-7-5-4-6-8-22)21-13-15-23(16-14-21)34-18-20-11-9-19(2)10-12-20/h4-16,25H,3,18,31H2,1-2H3. The lowest BCUT2D eigenvalue weighted by Gasteiger charge is -2.28. The van der Waals surface area contributed by atoms with Crippen LogP contribution in [0.15, 0.2) is 95.9 Å². The summed E-state index contributed by atoms with van der Waals surface area (Å²) < 4.78 is 17.1. The first kappa shape index (κ1) is 23.7. The second-order valence-corrected chi connectivity index (χ2v) is 8.10. The summed E-state index contributed by atoms with van der Waals surface area (Å²) in [6.07, 6.45) is 0. The number of benzene rings is 3. The maximum atomic E-state index is 13.1. The van der Waals surface area contributed by atoms with Gasteiger partial charge in [-0.3, -0.25) is 0 Å². The molecule has 176 valence electrons. The van der Waals surface area contributed by atoms with Gasteiger partial charge in [-0.25, -0.2) is 4.79 Å². The summed E-state index contributed by atoms with van der Waals surface area (Å²) in [4.78, 5) is 13.1. The summed E-state index contributed by atoms with van der Waals surface area (Å²) in [5, 5.41) is 9.90. The number of rotatable bonds is 7. The van der Waals surface area contributed by atoms with Crippen LogP contribution in [-0.4, -0.2) is 12.6 Å². The molecular weight excluding hydrogens is 440 g/mol. The largest absolute Gasteiger partial charge is 0.489 e. The van der Waals surface area contributed by atoms with Gasteiger partial charge in [0.05, 0.1) is 18.1 Å². The van der Waals surface area contributed by atoms with E-state index in [-0.39, 0.29) is 29.4 Å². The van der Waals surface area contributed by atoms with E-state index in [1.54, 1.807) is 6.92 Å². The molecule has 6 heteroatoms. The molecule has 0 saturated heterocycles. The summed E-state index contributed by atoms with van der Waals surface area (Å²) in [7, 11) is 0. The number of nitriles is 1. The molecule has 1 aliphatic rings. The molecule has 1 heterocycles. The van der Waals surface area contributed by atoms with E-state index in [2.05, 4.69) is 6.07 Å². The summed E-state index contributed by atoms with van der Waals surface area (Å²) in [5.74, 6) is -0.387. The summed E-state index contributed by atoms with van der Waals surface area (Å²) >= 11 is 0. The van der Waals surface area contributed by atoms with Gasteiger partial charge in [0.25, 0.3) is 0 Å². The van der Waals surface area contributed by atoms with E-state index in [9.17, 15) is 10.1 Å². The molecule has 35 heavy (non-hydrogen) atoms. The van der Waals surface area contributed by atoms with Crippen LogP contribution in [0, 0.1) is 18.3 Å². The van der Waals surface area contributed by atoms with Gasteiger partial charge in [-0.1, -0.05) is 72.3 Å². The van der Waals surface area contributed by atoms with Crippen molar-refractivity contribution in [1.29, 1.82) is 5.26 Å². The number of nitrogens with two attached hydrogens (primary N) is 1. The maximum Gasteiger partial charge on any atom is 0.338 e. The Hall–Kier alpha value is -4.50. The average molecular weight is 467 g/mol. The quantitative estimate of drug-likeness (QED) is 0.471. The Bertz CT molecular complexity index is 1300. The van der Waals surface area contributed by atoms with Crippen LogP contribution in [-0.2, 0) is 20.9 Å². The third-order valence-electron chi connectivity index (χ3n) is 5.69. The molecule has 4 rings (SSSR count). The van der Waals surface area contributed by atoms with Gasteiger partial charge >= 0.3 is 5.97 Å². The Labute approximate surface area is 204 Å². The number of nitrogens with zero attached hydrogens (tertiary/aromatic N) is 1. The molecule has 3 aromatic rings. The monoisotopic (exact) mass is 466 g/mol. The molecule has 0 radical (unpaired) electrons. The zero-order valence-corrected chi connectivity index (χ0v) is 19.7. The molecule has 0 fully saturated rings. The van der Waals surface area contributed by atoms with Gasteiger partial charge in [0, 0.05) is 5.56 Å². The smallest absolute Gasteiger partial charge is 0.338 e. The predicted molar refractivity (Wildman–Crippen MR) is 133 cm³/mol. The molecule has 0 aromatic heterocycles. The van der Waals surface area contributed by atoms with Crippen LogP contribution >= 0.6 is 0 Å². The molecule has 1 atom stereocenters. The molecule has 0 aliphatic carbocycles. The molecule has 1 aliphatic heterocycles. The first-order chi connectivity index (χ1) is 17.0. The van der Waals surface area contributed by atoms with Crippen molar-refractivity contribution in [2.75, 3.05) is 6.61 Å². The number of ether oxygens (including phenoxy) is 3. The van der Waals surface area contributed by atoms with Crippen molar-refractivity contribution < 1.29 is 19.0 Å². The van der Waals surface area contributed by atoms with E-state index < -0.39 is 11.9 Å². The lowest BCUT2D eigenvalue weighted by atomic mass is 9.82. The molecule has 0 saturated carbocycles. The van der Waals surface area contributed by atoms with E-state index in [1.165, 1.54) is 5.56 Å². The highest BCUT2D eigenvalue weighted by Gasteiger charge is 2.38. The molecule has 0 spiro atoms. The number of allylic oxidation sites excluding steroid dienone is 1. The highest BCUT2D eigenvalue weighted by molar-refractivity contribution is 5.99. The van der Waals surface area contributed by atoms with Crippen molar-refractivity contribution in [3.63, 3.8) is 0 Å². The van der Waals surface area contributed by atoms with Gasteiger partial charge in [-0.15, -0.1) is 0 Å². The molecule has 1 unspecified atom stereocenters. The van der Waals surface area contributed by atoms with Crippen LogP contribution in [0.25, 0.3) is 5.76 Å². The third kappa shape index (κ3) is 5.20. The predicted octanol–water partition coefficient (Wildman–Crippen LogP) is 5.36. The molecule has 0 amide bonds. The van der Waals surface area contributed by atoms with Gasteiger partial charge in [-0.2, -0.15) is 5.26 Å². The third-order valence-corrected chi connectivity index (χ3v) is 5.69. The number of hydrogen-bond acceptors (Lipinski definition) is 6. The first-order valence-corrected chi connectivity index (χ1v) is 11.3. The number of aryl methyl sites for hydroxylation is 1. The molecule has 0 bridgehead atoms. The van der Waals surface area contributed by atoms with E-state index in [0.717, 1.165) is 5.56 Å². The number of carbonyl (C=O) groups is 1. The van der Waals surface area contributed by atoms with Crippen LogP contribution in [0.3, 0.4) is 0 Å². The van der Waals surface area contributed by atoms with Crippen LogP contribution in [0.4, 0.5) is 0 Å². The van der Waals surface area contributed by atoms with E-state index in [0.29, 0.717) is 23.5 Å². The van der Waals surface area contributed by atoms with Crippen molar-refractivity contribution >= 4 is 11.7 Å². The molecule has 2 N–H and O–H groups in total. The fourth-order valence-electron chi connectivity index (χ4n) is 3.92. The van der Waals surface area contributed by atoms with Crippen molar-refractivity contribution in [3.05, 3.63) is 118 Å². The lowest BCUT2D eigenvalue weighted by molar-refractivity contribution is -0.138. The van der Waals surface area contributed by atoms with Gasteiger partial charge < -0.3 is 19.9 Å². The Morgan fingerprint density at radius 3 is 2.34 bits per heavy atom. The Kier molecular flexibility index (Phi) is 7.18. The van der Waals surface area contributed by atoms with Gasteiger partial charge in [0.2, 0.25) is 5.88 Å². The molecule has 6 nitrogen and oxygen atoms in total. The van der Waals surface area contributed by atoms with Crippen molar-refractivity contribution in [2.24, 2.45) is 5.73 Å². The number of esters is 1. The normalized spacial score (nSPS) is 15.3. The summed E-state index contributed by atoms with van der Waals surface area (Å²) in [5.41, 5.74) is 10.2. The topological polar surface area (TPSA) is 94.6 Å². The first-order valence-electron chi connectivity index (χ1n) is 11.3. The summed E-state index contributed by atoms with van der Waals surface area (Å²) in [6.45, 7) is 4.39. The molecule has 3 aromatic carbocycles. The molecular formula is C29H26N2O4. The zero-order chi connectivity index (χ0) is 24.8. The van der Waals surface area contributed by atoms with Crippen LogP contribution < -0.4 is 10.5 Å². The zero-order valence-electron chi connectivity index (χ0n) is 19.7. The Balaban J connectivity index is 1.70. The van der Waals surface area contributed by atoms with Crippen LogP contribution in [0.2, 0.25) is 0 Å². The van der Waals surface area contributed by atoms with Crippen molar-refractivity contribution in [1.82, 2.24) is 0 Å². The van der Waals surface area contributed by atoms with Crippen LogP contribution in [0.1, 0.15) is 35.1 Å². The number of carbonyl (C=O) groups excluding carboxylic acids is 1. The van der Waals surface area contributed by atoms with Gasteiger partial charge in [0.1, 0.15) is 29.8 Å². The maximum absolute atomic E-state index is 13.1. The second kappa shape index (κ2) is 10.6. The minimum absolute atomic E-state index is 0.0379. The highest BCUT2D eigenvalue weighted by Crippen LogP contribution is 2.43. The van der Waals surface area contributed by atoms with E-state index >= 15 is 0 Å². The van der Waals surface area contributed by atoms with Crippen LogP contribution in [0.5, 0.6) is 5.75 Å². The van der Waals surface area contributed by atoms with E-state index in [1.807, 2.05) is 85.8 Å². The summed E-state index contributed by atoms with van der Waals surface area (Å²) in [6, 6.07) is 26.7. The fraction of sp³-hybridized carbons (Fsp3) is 0.172. The average Bonchev–Trinajstić information content (AvgIpc) is 2.88. The fourth-order valence-corrected chi connectivity index (χ4v) is 3.92. The van der Waals surface area contributed by atoms with Gasteiger partial charge in [-0.05, 0) is 37.1 Å². The Morgan fingerprint density at radius 1 is 1.03 bits per heavy atom. The minimum atomic E-state index is -0.742. The van der Waals surface area contributed by atoms with Crippen molar-refractivity contribution in [2.45, 2.75) is 26.4 Å². The minimum Gasteiger partial charge on any atom is -0.489 e. The second-order valence-electron chi connectivity index (χ2n) is 8.10. The number of hydrogen-bond donors (Lipinski definition) is 1. The van der Waals surface area contributed by atoms with E-state index in [4.69, 9.17) is 19.9 Å². The lowest BCUT2D eigenvalue weighted by Crippen LogP contribution is -2.25.